The molecule has 0 saturated heterocycles. The minimum absolute atomic E-state index is 0.0613. The standard InChI is InChI=1S/C10H12N4O/c1-3-14-6-9(7(2)13-14)4-8(5-11)10(12)15/h4,6H,3H2,1-2H3,(H2,12,15)/b8-4+. The summed E-state index contributed by atoms with van der Waals surface area (Å²) in [6, 6.07) is 1.75. The van der Waals surface area contributed by atoms with Crippen LogP contribution in [0.4, 0.5) is 0 Å². The molecule has 1 aromatic heterocycles. The minimum atomic E-state index is -0.721. The number of hydrogen-bond acceptors (Lipinski definition) is 3. The number of carbonyl (C=O) groups excluding carboxylic acids is 1. The molecular weight excluding hydrogens is 192 g/mol. The number of rotatable bonds is 3. The zero-order valence-corrected chi connectivity index (χ0v) is 8.69. The summed E-state index contributed by atoms with van der Waals surface area (Å²) in [5.41, 5.74) is 6.48. The highest BCUT2D eigenvalue weighted by atomic mass is 16.1. The highest BCUT2D eigenvalue weighted by molar-refractivity contribution is 6.00. The first kappa shape index (κ1) is 11.0. The van der Waals surface area contributed by atoms with Gasteiger partial charge >= 0.3 is 0 Å². The molecule has 1 amide bonds. The lowest BCUT2D eigenvalue weighted by Crippen LogP contribution is -2.12. The van der Waals surface area contributed by atoms with Crippen LogP contribution in [0.3, 0.4) is 0 Å². The van der Waals surface area contributed by atoms with Crippen LogP contribution in [0.25, 0.3) is 6.08 Å². The zero-order chi connectivity index (χ0) is 11.4. The van der Waals surface area contributed by atoms with E-state index in [1.54, 1.807) is 16.9 Å². The molecule has 0 aliphatic rings. The topological polar surface area (TPSA) is 84.7 Å². The molecule has 5 nitrogen and oxygen atoms in total. The first-order chi connectivity index (χ1) is 7.08. The van der Waals surface area contributed by atoms with Crippen LogP contribution in [0.1, 0.15) is 18.2 Å². The highest BCUT2D eigenvalue weighted by Crippen LogP contribution is 2.10. The maximum atomic E-state index is 10.8. The summed E-state index contributed by atoms with van der Waals surface area (Å²) < 4.78 is 1.73. The molecule has 0 spiro atoms. The average molecular weight is 204 g/mol. The second-order valence-electron chi connectivity index (χ2n) is 3.06. The van der Waals surface area contributed by atoms with Crippen LogP contribution < -0.4 is 5.73 Å². The van der Waals surface area contributed by atoms with Crippen LogP contribution in [0.5, 0.6) is 0 Å². The molecule has 5 heteroatoms. The fourth-order valence-electron chi connectivity index (χ4n) is 1.15. The van der Waals surface area contributed by atoms with E-state index in [0.717, 1.165) is 17.8 Å². The van der Waals surface area contributed by atoms with Crippen molar-refractivity contribution in [3.8, 4) is 6.07 Å². The Morgan fingerprint density at radius 2 is 2.47 bits per heavy atom. The van der Waals surface area contributed by atoms with E-state index in [-0.39, 0.29) is 5.57 Å². The Morgan fingerprint density at radius 1 is 1.80 bits per heavy atom. The molecule has 0 aliphatic carbocycles. The summed E-state index contributed by atoms with van der Waals surface area (Å²) in [5, 5.41) is 12.9. The van der Waals surface area contributed by atoms with Crippen LogP contribution in [0, 0.1) is 18.3 Å². The van der Waals surface area contributed by atoms with Crippen molar-refractivity contribution in [2.24, 2.45) is 5.73 Å². The summed E-state index contributed by atoms with van der Waals surface area (Å²) in [7, 11) is 0. The molecule has 0 aromatic carbocycles. The smallest absolute Gasteiger partial charge is 0.259 e. The number of nitrogens with two attached hydrogens (primary N) is 1. The fourth-order valence-corrected chi connectivity index (χ4v) is 1.15. The lowest BCUT2D eigenvalue weighted by Gasteiger charge is -1.90. The summed E-state index contributed by atoms with van der Waals surface area (Å²) in [4.78, 5) is 10.8. The third-order valence-electron chi connectivity index (χ3n) is 1.99. The molecule has 15 heavy (non-hydrogen) atoms. The number of nitriles is 1. The maximum absolute atomic E-state index is 10.8. The Bertz CT molecular complexity index is 450. The Labute approximate surface area is 87.8 Å². The van der Waals surface area contributed by atoms with Crippen molar-refractivity contribution in [1.82, 2.24) is 9.78 Å². The molecular formula is C10H12N4O. The van der Waals surface area contributed by atoms with Gasteiger partial charge in [-0.1, -0.05) is 0 Å². The number of amides is 1. The molecule has 0 bridgehead atoms. The Balaban J connectivity index is 3.12. The van der Waals surface area contributed by atoms with Crippen LogP contribution in [-0.2, 0) is 11.3 Å². The van der Waals surface area contributed by atoms with Gasteiger partial charge < -0.3 is 5.73 Å². The van der Waals surface area contributed by atoms with Crippen molar-refractivity contribution < 1.29 is 4.79 Å². The minimum Gasteiger partial charge on any atom is -0.365 e. The third kappa shape index (κ3) is 2.44. The quantitative estimate of drug-likeness (QED) is 0.578. The van der Waals surface area contributed by atoms with Crippen molar-refractivity contribution in [1.29, 1.82) is 5.26 Å². The predicted molar refractivity (Wildman–Crippen MR) is 55.4 cm³/mol. The maximum Gasteiger partial charge on any atom is 0.259 e. The molecule has 2 N–H and O–H groups in total. The molecule has 0 unspecified atom stereocenters. The van der Waals surface area contributed by atoms with Gasteiger partial charge in [0, 0.05) is 18.3 Å². The summed E-state index contributed by atoms with van der Waals surface area (Å²) in [6.07, 6.45) is 3.23. The molecule has 0 aliphatic heterocycles. The van der Waals surface area contributed by atoms with Crippen molar-refractivity contribution in [2.45, 2.75) is 20.4 Å². The molecule has 0 saturated carbocycles. The lowest BCUT2D eigenvalue weighted by molar-refractivity contribution is -0.114. The lowest BCUT2D eigenvalue weighted by atomic mass is 10.1. The first-order valence-corrected chi connectivity index (χ1v) is 4.54. The van der Waals surface area contributed by atoms with E-state index in [4.69, 9.17) is 11.0 Å². The van der Waals surface area contributed by atoms with Crippen molar-refractivity contribution >= 4 is 12.0 Å². The molecule has 1 rings (SSSR count). The zero-order valence-electron chi connectivity index (χ0n) is 8.69. The molecule has 78 valence electrons. The Hall–Kier alpha value is -2.09. The normalized spacial score (nSPS) is 11.1. The van der Waals surface area contributed by atoms with E-state index >= 15 is 0 Å². The molecule has 1 aromatic rings. The highest BCUT2D eigenvalue weighted by Gasteiger charge is 2.07. The second-order valence-corrected chi connectivity index (χ2v) is 3.06. The number of nitrogens with zero attached hydrogens (tertiary/aromatic N) is 3. The van der Waals surface area contributed by atoms with Gasteiger partial charge in [0.05, 0.1) is 5.69 Å². The van der Waals surface area contributed by atoms with Gasteiger partial charge in [-0.25, -0.2) is 0 Å². The fraction of sp³-hybridized carbons (Fsp3) is 0.300. The summed E-state index contributed by atoms with van der Waals surface area (Å²) >= 11 is 0. The van der Waals surface area contributed by atoms with Crippen molar-refractivity contribution in [3.63, 3.8) is 0 Å². The van der Waals surface area contributed by atoms with Gasteiger partial charge in [0.15, 0.2) is 0 Å². The predicted octanol–water partition coefficient (Wildman–Crippen LogP) is 0.604. The Kier molecular flexibility index (Phi) is 3.24. The third-order valence-corrected chi connectivity index (χ3v) is 1.99. The van der Waals surface area contributed by atoms with Gasteiger partial charge in [0.25, 0.3) is 5.91 Å². The van der Waals surface area contributed by atoms with Crippen LogP contribution in [0.2, 0.25) is 0 Å². The molecule has 1 heterocycles. The van der Waals surface area contributed by atoms with Gasteiger partial charge in [0.2, 0.25) is 0 Å². The van der Waals surface area contributed by atoms with Gasteiger partial charge in [0.1, 0.15) is 11.6 Å². The van der Waals surface area contributed by atoms with E-state index < -0.39 is 5.91 Å². The second kappa shape index (κ2) is 4.42. The van der Waals surface area contributed by atoms with Crippen LogP contribution in [0.15, 0.2) is 11.8 Å². The number of hydrogen-bond donors (Lipinski definition) is 1. The number of primary amides is 1. The molecule has 0 radical (unpaired) electrons. The van der Waals surface area contributed by atoms with Gasteiger partial charge in [-0.3, -0.25) is 9.48 Å². The van der Waals surface area contributed by atoms with Crippen molar-refractivity contribution in [3.05, 3.63) is 23.0 Å². The van der Waals surface area contributed by atoms with Crippen molar-refractivity contribution in [2.75, 3.05) is 0 Å². The Morgan fingerprint density at radius 3 is 2.87 bits per heavy atom. The number of aryl methyl sites for hydroxylation is 2. The van der Waals surface area contributed by atoms with Crippen LogP contribution in [-0.4, -0.2) is 15.7 Å². The van der Waals surface area contributed by atoms with E-state index in [1.807, 2.05) is 13.8 Å². The summed E-state index contributed by atoms with van der Waals surface area (Å²) in [6.45, 7) is 4.51. The summed E-state index contributed by atoms with van der Waals surface area (Å²) in [5.74, 6) is -0.721. The molecule has 0 fully saturated rings. The first-order valence-electron chi connectivity index (χ1n) is 4.54. The average Bonchev–Trinajstić information content (AvgIpc) is 2.55. The van der Waals surface area contributed by atoms with Gasteiger partial charge in [-0.15, -0.1) is 0 Å². The van der Waals surface area contributed by atoms with E-state index in [2.05, 4.69) is 5.10 Å². The van der Waals surface area contributed by atoms with E-state index in [9.17, 15) is 4.79 Å². The van der Waals surface area contributed by atoms with E-state index in [1.165, 1.54) is 6.08 Å². The molecule has 0 atom stereocenters. The number of aromatic nitrogens is 2. The SMILES string of the molecule is CCn1cc(/C=C(\C#N)C(N)=O)c(C)n1. The van der Waals surface area contributed by atoms with Gasteiger partial charge in [-0.2, -0.15) is 10.4 Å². The number of carbonyl (C=O) groups is 1. The van der Waals surface area contributed by atoms with Gasteiger partial charge in [-0.05, 0) is 19.9 Å². The monoisotopic (exact) mass is 204 g/mol. The van der Waals surface area contributed by atoms with Crippen LogP contribution >= 0.6 is 0 Å². The van der Waals surface area contributed by atoms with E-state index in [0.29, 0.717) is 0 Å². The largest absolute Gasteiger partial charge is 0.365 e.